The van der Waals surface area contributed by atoms with Gasteiger partial charge in [-0.3, -0.25) is 5.10 Å². The minimum atomic E-state index is 0. The Hall–Kier alpha value is -0.540. The van der Waals surface area contributed by atoms with Gasteiger partial charge in [-0.15, -0.1) is 12.4 Å². The summed E-state index contributed by atoms with van der Waals surface area (Å²) >= 11 is 0. The number of aromatic nitrogens is 2. The lowest BCUT2D eigenvalue weighted by atomic mass is 10.5. The van der Waals surface area contributed by atoms with Crippen molar-refractivity contribution < 1.29 is 0 Å². The van der Waals surface area contributed by atoms with Gasteiger partial charge in [0.2, 0.25) is 0 Å². The summed E-state index contributed by atoms with van der Waals surface area (Å²) in [5, 5.41) is 6.40. The molecule has 0 bridgehead atoms. The van der Waals surface area contributed by atoms with Crippen LogP contribution >= 0.6 is 12.4 Å². The standard InChI is InChI=1S/C4H7N3.ClH/c5-3-4-1-2-6-7-4;/h1-2H,3,5H2,(H,6,7);1H. The molecule has 0 aliphatic carbocycles. The number of nitrogens with two attached hydrogens (primary N) is 1. The lowest BCUT2D eigenvalue weighted by Crippen LogP contribution is -1.95. The van der Waals surface area contributed by atoms with Crippen molar-refractivity contribution in [2.75, 3.05) is 0 Å². The lowest BCUT2D eigenvalue weighted by molar-refractivity contribution is 0.947. The van der Waals surface area contributed by atoms with Crippen LogP contribution in [0.15, 0.2) is 12.3 Å². The second-order valence-electron chi connectivity index (χ2n) is 1.29. The number of hydrogen-bond acceptors (Lipinski definition) is 2. The second-order valence-corrected chi connectivity index (χ2v) is 1.29. The van der Waals surface area contributed by atoms with Crippen molar-refractivity contribution >= 4 is 12.4 Å². The van der Waals surface area contributed by atoms with E-state index in [1.165, 1.54) is 0 Å². The van der Waals surface area contributed by atoms with Gasteiger partial charge >= 0.3 is 0 Å². The monoisotopic (exact) mass is 133 g/mol. The van der Waals surface area contributed by atoms with Crippen LogP contribution in [0, 0.1) is 0 Å². The molecule has 0 fully saturated rings. The summed E-state index contributed by atoms with van der Waals surface area (Å²) in [6.07, 6.45) is 1.68. The van der Waals surface area contributed by atoms with Crippen LogP contribution in [0.25, 0.3) is 0 Å². The van der Waals surface area contributed by atoms with Crippen LogP contribution in [-0.2, 0) is 6.54 Å². The molecule has 1 heterocycles. The van der Waals surface area contributed by atoms with E-state index in [9.17, 15) is 0 Å². The maximum atomic E-state index is 5.22. The smallest absolute Gasteiger partial charge is 0.0490 e. The minimum absolute atomic E-state index is 0. The predicted molar refractivity (Wildman–Crippen MR) is 33.7 cm³/mol. The molecule has 0 amide bonds. The average Bonchev–Trinajstić information content (AvgIpc) is 2.14. The zero-order chi connectivity index (χ0) is 5.11. The first-order valence-corrected chi connectivity index (χ1v) is 2.12. The molecule has 8 heavy (non-hydrogen) atoms. The van der Waals surface area contributed by atoms with Crippen molar-refractivity contribution in [3.63, 3.8) is 0 Å². The van der Waals surface area contributed by atoms with Crippen LogP contribution in [0.1, 0.15) is 5.69 Å². The molecule has 1 aromatic rings. The molecule has 0 unspecified atom stereocenters. The van der Waals surface area contributed by atoms with Gasteiger partial charge in [0.1, 0.15) is 0 Å². The van der Waals surface area contributed by atoms with Crippen molar-refractivity contribution in [3.05, 3.63) is 18.0 Å². The van der Waals surface area contributed by atoms with E-state index >= 15 is 0 Å². The molecule has 3 N–H and O–H groups in total. The summed E-state index contributed by atoms with van der Waals surface area (Å²) in [5.41, 5.74) is 6.20. The Balaban J connectivity index is 0.000000490. The fourth-order valence-corrected chi connectivity index (χ4v) is 0.398. The molecule has 3 nitrogen and oxygen atoms in total. The normalized spacial score (nSPS) is 8.12. The molecule has 0 aliphatic rings. The van der Waals surface area contributed by atoms with E-state index in [-0.39, 0.29) is 12.4 Å². The van der Waals surface area contributed by atoms with E-state index in [1.807, 2.05) is 6.07 Å². The number of rotatable bonds is 1. The molecule has 4 heteroatoms. The highest BCUT2D eigenvalue weighted by molar-refractivity contribution is 5.85. The molecule has 0 saturated carbocycles. The van der Waals surface area contributed by atoms with Crippen LogP contribution < -0.4 is 5.73 Å². The fraction of sp³-hybridized carbons (Fsp3) is 0.250. The Morgan fingerprint density at radius 3 is 2.75 bits per heavy atom. The Morgan fingerprint density at radius 1 is 1.75 bits per heavy atom. The molecular formula is C4H8ClN3. The number of nitrogens with one attached hydrogen (secondary N) is 1. The van der Waals surface area contributed by atoms with Crippen LogP contribution in [0.3, 0.4) is 0 Å². The predicted octanol–water partition coefficient (Wildman–Crippen LogP) is 0.290. The van der Waals surface area contributed by atoms with Crippen LogP contribution in [0.5, 0.6) is 0 Å². The molecule has 0 spiro atoms. The topological polar surface area (TPSA) is 54.7 Å². The van der Waals surface area contributed by atoms with E-state index in [0.717, 1.165) is 5.69 Å². The lowest BCUT2D eigenvalue weighted by Gasteiger charge is -1.80. The average molecular weight is 134 g/mol. The highest BCUT2D eigenvalue weighted by Gasteiger charge is 1.82. The second kappa shape index (κ2) is 3.46. The first kappa shape index (κ1) is 7.46. The molecule has 0 aromatic carbocycles. The van der Waals surface area contributed by atoms with Gasteiger partial charge in [-0.05, 0) is 6.07 Å². The van der Waals surface area contributed by atoms with E-state index in [2.05, 4.69) is 10.2 Å². The van der Waals surface area contributed by atoms with Crippen molar-refractivity contribution in [2.45, 2.75) is 6.54 Å². The van der Waals surface area contributed by atoms with E-state index in [0.29, 0.717) is 6.54 Å². The van der Waals surface area contributed by atoms with Gasteiger partial charge in [-0.2, -0.15) is 5.10 Å². The SMILES string of the molecule is Cl.NCc1ccn[nH]1. The van der Waals surface area contributed by atoms with Crippen LogP contribution in [-0.4, -0.2) is 10.2 Å². The number of hydrogen-bond donors (Lipinski definition) is 2. The third-order valence-electron chi connectivity index (χ3n) is 0.778. The van der Waals surface area contributed by atoms with Gasteiger partial charge in [0.25, 0.3) is 0 Å². The molecule has 0 saturated heterocycles. The van der Waals surface area contributed by atoms with Crippen molar-refractivity contribution in [2.24, 2.45) is 5.73 Å². The number of halogens is 1. The van der Waals surface area contributed by atoms with Gasteiger partial charge in [-0.1, -0.05) is 0 Å². The number of H-pyrrole nitrogens is 1. The third kappa shape index (κ3) is 1.52. The van der Waals surface area contributed by atoms with Crippen molar-refractivity contribution in [1.82, 2.24) is 10.2 Å². The number of aromatic amines is 1. The quantitative estimate of drug-likeness (QED) is 0.579. The van der Waals surface area contributed by atoms with E-state index in [4.69, 9.17) is 5.73 Å². The van der Waals surface area contributed by atoms with Crippen LogP contribution in [0.2, 0.25) is 0 Å². The maximum Gasteiger partial charge on any atom is 0.0490 e. The summed E-state index contributed by atoms with van der Waals surface area (Å²) in [5.74, 6) is 0. The molecule has 0 aliphatic heterocycles. The third-order valence-corrected chi connectivity index (χ3v) is 0.778. The fourth-order valence-electron chi connectivity index (χ4n) is 0.398. The van der Waals surface area contributed by atoms with Crippen LogP contribution in [0.4, 0.5) is 0 Å². The van der Waals surface area contributed by atoms with E-state index in [1.54, 1.807) is 6.20 Å². The van der Waals surface area contributed by atoms with Gasteiger partial charge in [0.05, 0.1) is 0 Å². The first-order chi connectivity index (χ1) is 3.43. The van der Waals surface area contributed by atoms with Gasteiger partial charge < -0.3 is 5.73 Å². The molecule has 1 aromatic heterocycles. The molecular weight excluding hydrogens is 126 g/mol. The molecule has 0 atom stereocenters. The summed E-state index contributed by atoms with van der Waals surface area (Å²) in [7, 11) is 0. The Labute approximate surface area is 53.7 Å². The van der Waals surface area contributed by atoms with Gasteiger partial charge in [0.15, 0.2) is 0 Å². The maximum absolute atomic E-state index is 5.22. The first-order valence-electron chi connectivity index (χ1n) is 2.12. The molecule has 0 radical (unpaired) electrons. The van der Waals surface area contributed by atoms with Gasteiger partial charge in [0, 0.05) is 18.4 Å². The summed E-state index contributed by atoms with van der Waals surface area (Å²) in [6.45, 7) is 0.542. The zero-order valence-electron chi connectivity index (χ0n) is 4.29. The number of nitrogens with zero attached hydrogens (tertiary/aromatic N) is 1. The van der Waals surface area contributed by atoms with Crippen molar-refractivity contribution in [3.8, 4) is 0 Å². The minimum Gasteiger partial charge on any atom is -0.325 e. The summed E-state index contributed by atoms with van der Waals surface area (Å²) in [4.78, 5) is 0. The highest BCUT2D eigenvalue weighted by atomic mass is 35.5. The summed E-state index contributed by atoms with van der Waals surface area (Å²) in [6, 6.07) is 1.85. The molecule has 1 rings (SSSR count). The highest BCUT2D eigenvalue weighted by Crippen LogP contribution is 1.84. The Bertz CT molecular complexity index is 126. The van der Waals surface area contributed by atoms with Gasteiger partial charge in [-0.25, -0.2) is 0 Å². The van der Waals surface area contributed by atoms with E-state index < -0.39 is 0 Å². The summed E-state index contributed by atoms with van der Waals surface area (Å²) < 4.78 is 0. The Kier molecular flexibility index (Phi) is 3.23. The largest absolute Gasteiger partial charge is 0.325 e. The van der Waals surface area contributed by atoms with Crippen molar-refractivity contribution in [1.29, 1.82) is 0 Å². The molecule has 46 valence electrons. The zero-order valence-corrected chi connectivity index (χ0v) is 5.11. The Morgan fingerprint density at radius 2 is 2.50 bits per heavy atom.